The summed E-state index contributed by atoms with van der Waals surface area (Å²) in [5.74, 6) is 0. The monoisotopic (exact) mass is 296 g/mol. The summed E-state index contributed by atoms with van der Waals surface area (Å²) in [5, 5.41) is 0. The first kappa shape index (κ1) is 10.6. The molecular weight excluding hydrogens is 288 g/mol. The van der Waals surface area contributed by atoms with Crippen LogP contribution in [0.2, 0.25) is 0 Å². The summed E-state index contributed by atoms with van der Waals surface area (Å²) in [6.07, 6.45) is 0. The van der Waals surface area contributed by atoms with Gasteiger partial charge in [0.2, 0.25) is 0 Å². The molecule has 0 aliphatic rings. The minimum absolute atomic E-state index is 1.28. The van der Waals surface area contributed by atoms with E-state index in [1.165, 1.54) is 25.9 Å². The summed E-state index contributed by atoms with van der Waals surface area (Å²) in [6, 6.07) is 9.12. The Bertz CT molecular complexity index is 169. The van der Waals surface area contributed by atoms with Gasteiger partial charge in [-0.25, -0.2) is 0 Å². The van der Waals surface area contributed by atoms with E-state index in [2.05, 4.69) is 45.7 Å². The zero-order valence-corrected chi connectivity index (χ0v) is 11.4. The number of hydrogen-bond acceptors (Lipinski definition) is 0. The molecule has 0 saturated heterocycles. The van der Waals surface area contributed by atoms with Gasteiger partial charge in [-0.15, -0.1) is 0 Å². The van der Waals surface area contributed by atoms with Gasteiger partial charge in [-0.3, -0.25) is 0 Å². The zero-order valence-electron chi connectivity index (χ0n) is 6.32. The number of rotatable bonds is 0. The van der Waals surface area contributed by atoms with E-state index in [4.69, 9.17) is 0 Å². The molecule has 0 aliphatic heterocycles. The molecule has 50 valence electrons. The molecule has 0 aliphatic carbocycles. The van der Waals surface area contributed by atoms with E-state index in [0.717, 1.165) is 0 Å². The topological polar surface area (TPSA) is 0 Å². The predicted molar refractivity (Wildman–Crippen MR) is 48.8 cm³/mol. The minimum atomic E-state index is 1.28. The van der Waals surface area contributed by atoms with Crippen molar-refractivity contribution in [3.05, 3.63) is 35.4 Å². The van der Waals surface area contributed by atoms with E-state index in [0.29, 0.717) is 0 Å². The number of halogens is 1. The molecule has 0 radical (unpaired) electrons. The Morgan fingerprint density at radius 3 is 1.80 bits per heavy atom. The first-order valence-electron chi connectivity index (χ1n) is 3.00. The van der Waals surface area contributed by atoms with Gasteiger partial charge in [0.1, 0.15) is 0 Å². The van der Waals surface area contributed by atoms with Crippen molar-refractivity contribution in [2.75, 3.05) is 0 Å². The maximum absolute atomic E-state index is 3.03. The van der Waals surface area contributed by atoms with Crippen LogP contribution in [0.5, 0.6) is 0 Å². The van der Waals surface area contributed by atoms with Crippen LogP contribution in [0.1, 0.15) is 11.1 Å². The third-order valence-corrected chi connectivity index (χ3v) is 1.08. The molecule has 10 heavy (non-hydrogen) atoms. The molecule has 0 N–H and O–H groups in total. The second-order valence-corrected chi connectivity index (χ2v) is 2.09. The SMILES string of the molecule is Cc1c[c-]cc(C)c1.[Zn+][I]. The van der Waals surface area contributed by atoms with Crippen molar-refractivity contribution in [2.24, 2.45) is 0 Å². The normalized spacial score (nSPS) is 8.10. The van der Waals surface area contributed by atoms with E-state index in [1.807, 2.05) is 12.1 Å². The van der Waals surface area contributed by atoms with Gasteiger partial charge in [0, 0.05) is 0 Å². The summed E-state index contributed by atoms with van der Waals surface area (Å²) in [7, 11) is 0. The van der Waals surface area contributed by atoms with Gasteiger partial charge >= 0.3 is 34.5 Å². The van der Waals surface area contributed by atoms with Crippen LogP contribution in [0.4, 0.5) is 0 Å². The molecule has 2 heteroatoms. The molecule has 0 atom stereocenters. The van der Waals surface area contributed by atoms with Gasteiger partial charge in [-0.05, 0) is 0 Å². The molecule has 1 aromatic carbocycles. The van der Waals surface area contributed by atoms with E-state index >= 15 is 0 Å². The molecule has 0 nitrogen and oxygen atoms in total. The predicted octanol–water partition coefficient (Wildman–Crippen LogP) is 2.99. The summed E-state index contributed by atoms with van der Waals surface area (Å²) < 4.78 is 0. The molecule has 1 rings (SSSR count). The zero-order chi connectivity index (χ0) is 7.98. The van der Waals surface area contributed by atoms with Crippen molar-refractivity contribution >= 4 is 19.8 Å². The Hall–Kier alpha value is 0.573. The van der Waals surface area contributed by atoms with Crippen molar-refractivity contribution in [3.63, 3.8) is 0 Å². The molecule has 0 unspecified atom stereocenters. The Labute approximate surface area is 83.3 Å². The van der Waals surface area contributed by atoms with Crippen LogP contribution in [0.15, 0.2) is 18.2 Å². The summed E-state index contributed by atoms with van der Waals surface area (Å²) in [6.45, 7) is 4.15. The van der Waals surface area contributed by atoms with Gasteiger partial charge < -0.3 is 0 Å². The van der Waals surface area contributed by atoms with Crippen LogP contribution >= 0.6 is 19.8 Å². The summed E-state index contributed by atoms with van der Waals surface area (Å²) in [4.78, 5) is 0. The van der Waals surface area contributed by atoms with Gasteiger partial charge in [0.05, 0.1) is 0 Å². The van der Waals surface area contributed by atoms with Crippen molar-refractivity contribution < 1.29 is 14.8 Å². The first-order valence-corrected chi connectivity index (χ1v) is 12.0. The number of hydrogen-bond donors (Lipinski definition) is 0. The second-order valence-electron chi connectivity index (χ2n) is 2.09. The van der Waals surface area contributed by atoms with E-state index in [9.17, 15) is 0 Å². The van der Waals surface area contributed by atoms with E-state index < -0.39 is 0 Å². The van der Waals surface area contributed by atoms with Crippen molar-refractivity contribution in [1.82, 2.24) is 0 Å². The van der Waals surface area contributed by atoms with Crippen LogP contribution < -0.4 is 0 Å². The molecule has 1 aromatic rings. The molecule has 0 spiro atoms. The third kappa shape index (κ3) is 4.40. The third-order valence-electron chi connectivity index (χ3n) is 1.08. The van der Waals surface area contributed by atoms with Gasteiger partial charge in [-0.2, -0.15) is 35.4 Å². The van der Waals surface area contributed by atoms with Gasteiger partial charge in [0.25, 0.3) is 0 Å². The molecule has 0 saturated carbocycles. The summed E-state index contributed by atoms with van der Waals surface area (Å²) in [5.41, 5.74) is 2.56. The van der Waals surface area contributed by atoms with Crippen LogP contribution in [0.25, 0.3) is 0 Å². The van der Waals surface area contributed by atoms with E-state index in [1.54, 1.807) is 0 Å². The average Bonchev–Trinajstić information content (AvgIpc) is 1.91. The van der Waals surface area contributed by atoms with Crippen LogP contribution in [0.3, 0.4) is 0 Å². The number of aryl methyl sites for hydroxylation is 2. The Balaban J connectivity index is 0.000000371. The van der Waals surface area contributed by atoms with Crippen LogP contribution in [-0.2, 0) is 14.8 Å². The van der Waals surface area contributed by atoms with E-state index in [-0.39, 0.29) is 0 Å². The van der Waals surface area contributed by atoms with Crippen molar-refractivity contribution in [2.45, 2.75) is 13.8 Å². The fourth-order valence-electron chi connectivity index (χ4n) is 0.747. The Morgan fingerprint density at radius 1 is 1.20 bits per heavy atom. The quantitative estimate of drug-likeness (QED) is 0.392. The van der Waals surface area contributed by atoms with Gasteiger partial charge in [0.15, 0.2) is 0 Å². The summed E-state index contributed by atoms with van der Waals surface area (Å²) >= 11 is 3.62. The number of benzene rings is 1. The maximum atomic E-state index is 3.03. The van der Waals surface area contributed by atoms with Gasteiger partial charge in [-0.1, -0.05) is 13.8 Å². The molecule has 0 heterocycles. The molecule has 0 fully saturated rings. The standard InChI is InChI=1S/C8H9.HI.Zn/c1-7-4-3-5-8(2)6-7;;/h4-6H,1-2H3;1H;/q-1;;+2/p-1. The molecular formula is C8H9IZn. The average molecular weight is 297 g/mol. The second kappa shape index (κ2) is 6.29. The fraction of sp³-hybridized carbons (Fsp3) is 0.250. The Morgan fingerprint density at radius 2 is 1.60 bits per heavy atom. The van der Waals surface area contributed by atoms with Crippen molar-refractivity contribution in [3.8, 4) is 0 Å². The van der Waals surface area contributed by atoms with Crippen molar-refractivity contribution in [1.29, 1.82) is 0 Å². The molecule has 0 bridgehead atoms. The van der Waals surface area contributed by atoms with Crippen LogP contribution in [0, 0.1) is 19.9 Å². The first-order chi connectivity index (χ1) is 4.79. The molecule has 0 amide bonds. The Kier molecular flexibility index (Phi) is 6.66. The molecule has 0 aromatic heterocycles. The fourth-order valence-corrected chi connectivity index (χ4v) is 0.747. The van der Waals surface area contributed by atoms with Crippen LogP contribution in [-0.4, -0.2) is 0 Å².